The number of carbonyl (C=O) groups is 2. The minimum Gasteiger partial charge on any atom is -0.328 e. The number of halogens is 1. The number of hydrogen-bond acceptors (Lipinski definition) is 3. The van der Waals surface area contributed by atoms with E-state index in [9.17, 15) is 14.9 Å². The molecule has 2 fully saturated rings. The summed E-state index contributed by atoms with van der Waals surface area (Å²) in [6.07, 6.45) is 3.00. The molecule has 126 valence electrons. The molecule has 2 saturated heterocycles. The molecule has 0 bridgehead atoms. The molecular weight excluding hydrogens is 344 g/mol. The van der Waals surface area contributed by atoms with Gasteiger partial charge in [-0.15, -0.1) is 0 Å². The number of benzene rings is 1. The molecule has 1 aromatic carbocycles. The van der Waals surface area contributed by atoms with Crippen LogP contribution in [0.1, 0.15) is 31.2 Å². The average molecular weight is 363 g/mol. The lowest BCUT2D eigenvalue weighted by Crippen LogP contribution is -2.41. The van der Waals surface area contributed by atoms with Crippen molar-refractivity contribution < 1.29 is 9.59 Å². The van der Waals surface area contributed by atoms with Crippen LogP contribution in [0.5, 0.6) is 0 Å². The van der Waals surface area contributed by atoms with E-state index in [0.29, 0.717) is 29.3 Å². The van der Waals surface area contributed by atoms with Gasteiger partial charge in [-0.3, -0.25) is 9.59 Å². The third kappa shape index (κ3) is 3.40. The Bertz CT molecular complexity index is 746. The molecule has 0 radical (unpaired) electrons. The van der Waals surface area contributed by atoms with E-state index in [0.717, 1.165) is 29.9 Å². The molecule has 0 aromatic heterocycles. The highest BCUT2D eigenvalue weighted by molar-refractivity contribution is 8.17. The van der Waals surface area contributed by atoms with Gasteiger partial charge in [0.05, 0.1) is 6.04 Å². The first-order chi connectivity index (χ1) is 11.6. The maximum absolute atomic E-state index is 12.9. The van der Waals surface area contributed by atoms with Gasteiger partial charge >= 0.3 is 0 Å². The van der Waals surface area contributed by atoms with Crippen molar-refractivity contribution >= 4 is 38.6 Å². The Balaban J connectivity index is 1.85. The third-order valence-electron chi connectivity index (χ3n) is 4.57. The summed E-state index contributed by atoms with van der Waals surface area (Å²) in [7, 11) is -0.226. The summed E-state index contributed by atoms with van der Waals surface area (Å²) in [4.78, 5) is 27.2. The molecule has 0 aliphatic carbocycles. The van der Waals surface area contributed by atoms with Crippen LogP contribution in [0.3, 0.4) is 0 Å². The van der Waals surface area contributed by atoms with Crippen molar-refractivity contribution in [3.05, 3.63) is 34.9 Å². The van der Waals surface area contributed by atoms with E-state index in [4.69, 9.17) is 11.6 Å². The first-order valence-electron chi connectivity index (χ1n) is 8.13. The number of nitriles is 1. The zero-order valence-corrected chi connectivity index (χ0v) is 14.9. The number of hydrogen-bond donors (Lipinski definition) is 0. The number of carbonyl (C=O) groups excluding carboxylic acids is 2. The SMILES string of the molecule is N#CC(C(=O)C1CCC(=O)N1Cc1ccccc1Cl)=S1CCCC1. The topological polar surface area (TPSA) is 61.2 Å². The summed E-state index contributed by atoms with van der Waals surface area (Å²) in [6, 6.07) is 8.98. The van der Waals surface area contributed by atoms with Gasteiger partial charge in [0.1, 0.15) is 10.9 Å². The summed E-state index contributed by atoms with van der Waals surface area (Å²) >= 11 is 6.19. The Labute approximate surface area is 149 Å². The first-order valence-corrected chi connectivity index (χ1v) is 10.1. The van der Waals surface area contributed by atoms with E-state index < -0.39 is 6.04 Å². The minimum absolute atomic E-state index is 0.0414. The molecule has 2 aliphatic rings. The third-order valence-corrected chi connectivity index (χ3v) is 7.38. The van der Waals surface area contributed by atoms with Crippen LogP contribution in [0.15, 0.2) is 24.3 Å². The van der Waals surface area contributed by atoms with Crippen LogP contribution in [0, 0.1) is 11.3 Å². The molecule has 0 saturated carbocycles. The largest absolute Gasteiger partial charge is 0.328 e. The second kappa shape index (κ2) is 7.50. The normalized spacial score (nSPS) is 21.1. The molecule has 2 heterocycles. The van der Waals surface area contributed by atoms with Crippen molar-refractivity contribution in [2.24, 2.45) is 0 Å². The number of Topliss-reactive ketones (excluding diaryl/α,β-unsaturated/α-hetero) is 1. The summed E-state index contributed by atoms with van der Waals surface area (Å²) in [5, 5.41) is 10.1. The molecule has 2 aliphatic heterocycles. The number of rotatable bonds is 4. The van der Waals surface area contributed by atoms with Gasteiger partial charge in [0.2, 0.25) is 11.7 Å². The standard InChI is InChI=1S/C18H19ClN2O2S/c19-14-6-2-1-5-13(14)12-21-15(7-8-17(21)22)18(23)16(11-20)24-9-3-4-10-24/h1-2,5-6,15H,3-4,7-10,12H2. The highest BCUT2D eigenvalue weighted by Gasteiger charge is 2.38. The van der Waals surface area contributed by atoms with Crippen molar-refractivity contribution in [1.82, 2.24) is 4.90 Å². The van der Waals surface area contributed by atoms with Gasteiger partial charge in [0.15, 0.2) is 0 Å². The van der Waals surface area contributed by atoms with Gasteiger partial charge < -0.3 is 4.90 Å². The average Bonchev–Trinajstić information content (AvgIpc) is 3.21. The molecular formula is C18H19ClN2O2S. The number of amides is 1. The van der Waals surface area contributed by atoms with E-state index >= 15 is 0 Å². The minimum atomic E-state index is -0.517. The van der Waals surface area contributed by atoms with Crippen LogP contribution >= 0.6 is 22.1 Å². The number of ketones is 1. The lowest BCUT2D eigenvalue weighted by Gasteiger charge is -2.24. The maximum atomic E-state index is 12.9. The van der Waals surface area contributed by atoms with Gasteiger partial charge in [-0.1, -0.05) is 29.8 Å². The van der Waals surface area contributed by atoms with Gasteiger partial charge in [-0.25, -0.2) is 0 Å². The van der Waals surface area contributed by atoms with Crippen LogP contribution in [-0.4, -0.2) is 39.0 Å². The fourth-order valence-electron chi connectivity index (χ4n) is 3.29. The Morgan fingerprint density at radius 2 is 2.04 bits per heavy atom. The maximum Gasteiger partial charge on any atom is 0.223 e. The highest BCUT2D eigenvalue weighted by atomic mass is 35.5. The molecule has 24 heavy (non-hydrogen) atoms. The Hall–Kier alpha value is -1.64. The van der Waals surface area contributed by atoms with E-state index in [-0.39, 0.29) is 22.2 Å². The second-order valence-corrected chi connectivity index (χ2v) is 8.70. The fraction of sp³-hybridized carbons (Fsp3) is 0.444. The predicted octanol–water partition coefficient (Wildman–Crippen LogP) is 3.16. The van der Waals surface area contributed by atoms with E-state index in [2.05, 4.69) is 6.07 Å². The quantitative estimate of drug-likeness (QED) is 0.773. The van der Waals surface area contributed by atoms with E-state index in [1.807, 2.05) is 18.2 Å². The van der Waals surface area contributed by atoms with E-state index in [1.54, 1.807) is 11.0 Å². The molecule has 3 rings (SSSR count). The van der Waals surface area contributed by atoms with Crippen molar-refractivity contribution in [3.63, 3.8) is 0 Å². The predicted molar refractivity (Wildman–Crippen MR) is 97.2 cm³/mol. The lowest BCUT2D eigenvalue weighted by molar-refractivity contribution is -0.132. The zero-order chi connectivity index (χ0) is 17.1. The fourth-order valence-corrected chi connectivity index (χ4v) is 5.75. The van der Waals surface area contributed by atoms with Gasteiger partial charge in [0.25, 0.3) is 0 Å². The van der Waals surface area contributed by atoms with Crippen molar-refractivity contribution in [1.29, 1.82) is 5.26 Å². The monoisotopic (exact) mass is 362 g/mol. The lowest BCUT2D eigenvalue weighted by atomic mass is 10.1. The van der Waals surface area contributed by atoms with Crippen LogP contribution in [0.2, 0.25) is 5.02 Å². The van der Waals surface area contributed by atoms with Crippen molar-refractivity contribution in [2.45, 2.75) is 38.3 Å². The molecule has 4 nitrogen and oxygen atoms in total. The van der Waals surface area contributed by atoms with Crippen LogP contribution in [0.25, 0.3) is 0 Å². The van der Waals surface area contributed by atoms with Crippen LogP contribution in [0.4, 0.5) is 0 Å². The van der Waals surface area contributed by atoms with Crippen molar-refractivity contribution in [3.8, 4) is 6.07 Å². The zero-order valence-electron chi connectivity index (χ0n) is 13.3. The van der Waals surface area contributed by atoms with E-state index in [1.165, 1.54) is 0 Å². The molecule has 6 heteroatoms. The molecule has 0 N–H and O–H groups in total. The molecule has 1 amide bonds. The Morgan fingerprint density at radius 3 is 2.71 bits per heavy atom. The molecule has 1 unspecified atom stereocenters. The summed E-state index contributed by atoms with van der Waals surface area (Å²) < 4.78 is 0. The Morgan fingerprint density at radius 1 is 1.33 bits per heavy atom. The van der Waals surface area contributed by atoms with Crippen LogP contribution in [-0.2, 0) is 16.1 Å². The Kier molecular flexibility index (Phi) is 5.37. The van der Waals surface area contributed by atoms with Gasteiger partial charge in [-0.05, 0) is 42.4 Å². The highest BCUT2D eigenvalue weighted by Crippen LogP contribution is 2.30. The summed E-state index contributed by atoms with van der Waals surface area (Å²) in [5.41, 5.74) is 0.828. The molecule has 0 spiro atoms. The van der Waals surface area contributed by atoms with Crippen LogP contribution < -0.4 is 0 Å². The summed E-state index contributed by atoms with van der Waals surface area (Å²) in [6.45, 7) is 0.321. The van der Waals surface area contributed by atoms with Gasteiger partial charge in [0, 0.05) is 18.0 Å². The first kappa shape index (κ1) is 17.2. The van der Waals surface area contributed by atoms with Gasteiger partial charge in [-0.2, -0.15) is 15.7 Å². The summed E-state index contributed by atoms with van der Waals surface area (Å²) in [5.74, 6) is 1.67. The smallest absolute Gasteiger partial charge is 0.223 e. The number of likely N-dealkylation sites (tertiary alicyclic amines) is 1. The molecule has 1 aromatic rings. The number of nitrogens with zero attached hydrogens (tertiary/aromatic N) is 2. The molecule has 1 atom stereocenters. The van der Waals surface area contributed by atoms with Crippen molar-refractivity contribution in [2.75, 3.05) is 11.5 Å². The second-order valence-electron chi connectivity index (χ2n) is 6.08.